The fourth-order valence-corrected chi connectivity index (χ4v) is 2.03. The van der Waals surface area contributed by atoms with Gasteiger partial charge >= 0.3 is 0 Å². The van der Waals surface area contributed by atoms with Crippen LogP contribution < -0.4 is 0 Å². The van der Waals surface area contributed by atoms with Crippen molar-refractivity contribution in [3.05, 3.63) is 45.7 Å². The van der Waals surface area contributed by atoms with Crippen LogP contribution in [0.4, 0.5) is 0 Å². The highest BCUT2D eigenvalue weighted by molar-refractivity contribution is 6.33. The van der Waals surface area contributed by atoms with E-state index in [1.165, 1.54) is 0 Å². The van der Waals surface area contributed by atoms with E-state index in [4.69, 9.17) is 34.8 Å². The molecule has 0 amide bonds. The molecule has 0 N–H and O–H groups in total. The smallest absolute Gasteiger partial charge is 0.0839 e. The van der Waals surface area contributed by atoms with Crippen molar-refractivity contribution in [2.24, 2.45) is 0 Å². The van der Waals surface area contributed by atoms with E-state index in [-0.39, 0.29) is 0 Å². The third kappa shape index (κ3) is 3.35. The Kier molecular flexibility index (Phi) is 4.26. The van der Waals surface area contributed by atoms with E-state index in [0.717, 1.165) is 11.3 Å². The lowest BCUT2D eigenvalue weighted by molar-refractivity contribution is 0.649. The second kappa shape index (κ2) is 5.71. The zero-order valence-corrected chi connectivity index (χ0v) is 11.2. The molecule has 17 heavy (non-hydrogen) atoms. The molecule has 0 saturated carbocycles. The number of hydrogen-bond acceptors (Lipinski definition) is 2. The Morgan fingerprint density at radius 3 is 2.82 bits per heavy atom. The molecule has 6 heteroatoms. The van der Waals surface area contributed by atoms with Gasteiger partial charge in [-0.25, -0.2) is 4.68 Å². The molecule has 0 saturated heterocycles. The second-order valence-corrected chi connectivity index (χ2v) is 4.80. The van der Waals surface area contributed by atoms with Gasteiger partial charge in [-0.1, -0.05) is 28.4 Å². The number of alkyl halides is 1. The van der Waals surface area contributed by atoms with Crippen LogP contribution in [0.3, 0.4) is 0 Å². The number of aromatic nitrogens is 3. The summed E-state index contributed by atoms with van der Waals surface area (Å²) in [6.45, 7) is 0.550. The van der Waals surface area contributed by atoms with Crippen LogP contribution in [0.15, 0.2) is 24.4 Å². The van der Waals surface area contributed by atoms with Crippen LogP contribution in [-0.4, -0.2) is 20.9 Å². The first-order valence-corrected chi connectivity index (χ1v) is 6.37. The van der Waals surface area contributed by atoms with Crippen molar-refractivity contribution in [2.75, 3.05) is 5.88 Å². The van der Waals surface area contributed by atoms with E-state index in [1.807, 2.05) is 12.3 Å². The maximum absolute atomic E-state index is 6.07. The van der Waals surface area contributed by atoms with Gasteiger partial charge in [-0.05, 0) is 23.8 Å². The summed E-state index contributed by atoms with van der Waals surface area (Å²) in [5.41, 5.74) is 1.79. The van der Waals surface area contributed by atoms with Gasteiger partial charge in [0, 0.05) is 28.5 Å². The van der Waals surface area contributed by atoms with Crippen LogP contribution in [0.1, 0.15) is 11.3 Å². The summed E-state index contributed by atoms with van der Waals surface area (Å²) in [6.07, 6.45) is 2.57. The van der Waals surface area contributed by atoms with Crippen LogP contribution in [0.25, 0.3) is 0 Å². The van der Waals surface area contributed by atoms with Gasteiger partial charge < -0.3 is 0 Å². The number of rotatable bonds is 4. The van der Waals surface area contributed by atoms with Gasteiger partial charge in [-0.3, -0.25) is 0 Å². The summed E-state index contributed by atoms with van der Waals surface area (Å²) in [6, 6.07) is 5.36. The van der Waals surface area contributed by atoms with Gasteiger partial charge in [0.05, 0.1) is 12.2 Å². The van der Waals surface area contributed by atoms with Gasteiger partial charge in [0.2, 0.25) is 0 Å². The average molecular weight is 291 g/mol. The maximum atomic E-state index is 6.07. The molecule has 0 bridgehead atoms. The molecule has 0 atom stereocenters. The minimum Gasteiger partial charge on any atom is -0.248 e. The molecule has 0 radical (unpaired) electrons. The molecular weight excluding hydrogens is 281 g/mol. The van der Waals surface area contributed by atoms with E-state index in [9.17, 15) is 0 Å². The van der Waals surface area contributed by atoms with Crippen molar-refractivity contribution in [1.82, 2.24) is 15.0 Å². The van der Waals surface area contributed by atoms with Crippen LogP contribution >= 0.6 is 34.8 Å². The van der Waals surface area contributed by atoms with Crippen molar-refractivity contribution in [3.63, 3.8) is 0 Å². The molecule has 3 nitrogen and oxygen atoms in total. The highest BCUT2D eigenvalue weighted by Crippen LogP contribution is 2.21. The molecule has 0 spiro atoms. The van der Waals surface area contributed by atoms with Crippen molar-refractivity contribution >= 4 is 34.8 Å². The Labute approximate surface area is 114 Å². The lowest BCUT2D eigenvalue weighted by Gasteiger charge is -2.04. The molecular formula is C11H10Cl3N3. The minimum atomic E-state index is 0.538. The standard InChI is InChI=1S/C11H10Cl3N3/c12-4-3-10-7-17(16-15-10)6-8-5-9(13)1-2-11(8)14/h1-2,5,7H,3-4,6H2. The second-order valence-electron chi connectivity index (χ2n) is 3.58. The first-order valence-electron chi connectivity index (χ1n) is 5.08. The van der Waals surface area contributed by atoms with Gasteiger partial charge in [0.25, 0.3) is 0 Å². The monoisotopic (exact) mass is 289 g/mol. The molecule has 2 aromatic rings. The largest absolute Gasteiger partial charge is 0.248 e. The van der Waals surface area contributed by atoms with Crippen molar-refractivity contribution in [2.45, 2.75) is 13.0 Å². The molecule has 2 rings (SSSR count). The van der Waals surface area contributed by atoms with Crippen LogP contribution in [0.5, 0.6) is 0 Å². The zero-order valence-electron chi connectivity index (χ0n) is 8.91. The summed E-state index contributed by atoms with van der Waals surface area (Å²) in [5.74, 6) is 0.538. The van der Waals surface area contributed by atoms with Gasteiger partial charge in [0.1, 0.15) is 0 Å². The summed E-state index contributed by atoms with van der Waals surface area (Å²) < 4.78 is 1.72. The van der Waals surface area contributed by atoms with Crippen LogP contribution in [0, 0.1) is 0 Å². The Morgan fingerprint density at radius 1 is 1.24 bits per heavy atom. The number of aryl methyl sites for hydroxylation is 1. The van der Waals surface area contributed by atoms with Gasteiger partial charge in [0.15, 0.2) is 0 Å². The minimum absolute atomic E-state index is 0.538. The summed E-state index contributed by atoms with van der Waals surface area (Å²) in [7, 11) is 0. The Morgan fingerprint density at radius 2 is 2.06 bits per heavy atom. The Bertz CT molecular complexity index is 510. The molecule has 90 valence electrons. The van der Waals surface area contributed by atoms with Crippen molar-refractivity contribution in [1.29, 1.82) is 0 Å². The van der Waals surface area contributed by atoms with E-state index in [1.54, 1.807) is 16.8 Å². The number of benzene rings is 1. The van der Waals surface area contributed by atoms with Crippen molar-refractivity contribution in [3.8, 4) is 0 Å². The summed E-state index contributed by atoms with van der Waals surface area (Å²) >= 11 is 17.6. The molecule has 1 heterocycles. The fourth-order valence-electron chi connectivity index (χ4n) is 1.47. The molecule has 0 aliphatic carbocycles. The first-order chi connectivity index (χ1) is 8.19. The normalized spacial score (nSPS) is 10.8. The molecule has 0 unspecified atom stereocenters. The Balaban J connectivity index is 2.16. The predicted octanol–water partition coefficient (Wildman–Crippen LogP) is 3.41. The molecule has 1 aromatic carbocycles. The zero-order chi connectivity index (χ0) is 12.3. The number of halogens is 3. The van der Waals surface area contributed by atoms with Gasteiger partial charge in [-0.2, -0.15) is 0 Å². The molecule has 1 aromatic heterocycles. The quantitative estimate of drug-likeness (QED) is 0.808. The van der Waals surface area contributed by atoms with Crippen LogP contribution in [-0.2, 0) is 13.0 Å². The molecule has 0 aliphatic heterocycles. The van der Waals surface area contributed by atoms with E-state index < -0.39 is 0 Å². The predicted molar refractivity (Wildman–Crippen MR) is 70.0 cm³/mol. The van der Waals surface area contributed by atoms with Crippen molar-refractivity contribution < 1.29 is 0 Å². The lowest BCUT2D eigenvalue weighted by atomic mass is 10.2. The fraction of sp³-hybridized carbons (Fsp3) is 0.273. The molecule has 0 fully saturated rings. The Hall–Kier alpha value is -0.770. The number of nitrogens with zero attached hydrogens (tertiary/aromatic N) is 3. The van der Waals surface area contributed by atoms with E-state index in [0.29, 0.717) is 28.9 Å². The SMILES string of the molecule is ClCCc1cn(Cc2cc(Cl)ccc2Cl)nn1. The third-order valence-corrected chi connectivity index (χ3v) is 3.07. The van der Waals surface area contributed by atoms with Crippen LogP contribution in [0.2, 0.25) is 10.0 Å². The highest BCUT2D eigenvalue weighted by atomic mass is 35.5. The van der Waals surface area contributed by atoms with E-state index >= 15 is 0 Å². The lowest BCUT2D eigenvalue weighted by Crippen LogP contribution is -2.01. The molecule has 0 aliphatic rings. The number of hydrogen-bond donors (Lipinski definition) is 0. The average Bonchev–Trinajstić information content (AvgIpc) is 2.72. The third-order valence-electron chi connectivity index (χ3n) is 2.28. The first kappa shape index (κ1) is 12.7. The summed E-state index contributed by atoms with van der Waals surface area (Å²) in [4.78, 5) is 0. The maximum Gasteiger partial charge on any atom is 0.0839 e. The van der Waals surface area contributed by atoms with Gasteiger partial charge in [-0.15, -0.1) is 16.7 Å². The summed E-state index contributed by atoms with van der Waals surface area (Å²) in [5, 5.41) is 9.34. The highest BCUT2D eigenvalue weighted by Gasteiger charge is 2.05. The topological polar surface area (TPSA) is 30.7 Å². The van der Waals surface area contributed by atoms with E-state index in [2.05, 4.69) is 10.3 Å².